The Bertz CT molecular complexity index is 4530. The van der Waals surface area contributed by atoms with Gasteiger partial charge in [0.1, 0.15) is 0 Å². The molecule has 72 heavy (non-hydrogen) atoms. The lowest BCUT2D eigenvalue weighted by Gasteiger charge is -2.35. The topological polar surface area (TPSA) is 11.4 Å². The van der Waals surface area contributed by atoms with Crippen molar-refractivity contribution in [1.82, 2.24) is 4.57 Å². The summed E-state index contributed by atoms with van der Waals surface area (Å²) in [7, 11) is 0. The van der Waals surface area contributed by atoms with Gasteiger partial charge in [0, 0.05) is 50.3 Å². The highest BCUT2D eigenvalue weighted by Crippen LogP contribution is 2.60. The molecule has 0 saturated carbocycles. The second kappa shape index (κ2) is 16.9. The minimum atomic E-state index is -1.54. The van der Waals surface area contributed by atoms with Gasteiger partial charge in [-0.15, -0.1) is 0 Å². The number of benzene rings is 12. The highest BCUT2D eigenvalue weighted by molar-refractivity contribution is 6.10. The Morgan fingerprint density at radius 3 is 1.57 bits per heavy atom. The molecule has 338 valence electrons. The number of hydrogen-bond donors (Lipinski definition) is 0. The van der Waals surface area contributed by atoms with Gasteiger partial charge in [0.15, 0.2) is 0 Å². The van der Waals surface area contributed by atoms with Crippen molar-refractivity contribution in [2.45, 2.75) is 5.41 Å². The van der Waals surface area contributed by atoms with Crippen LogP contribution in [0.1, 0.15) is 31.8 Å². The van der Waals surface area contributed by atoms with Crippen LogP contribution in [0.3, 0.4) is 0 Å². The lowest BCUT2D eigenvalue weighted by atomic mass is 9.66. The summed E-state index contributed by atoms with van der Waals surface area (Å²) in [4.78, 5) is 4.49. The van der Waals surface area contributed by atoms with Crippen molar-refractivity contribution in [3.63, 3.8) is 0 Å². The maximum atomic E-state index is 10.3. The molecule has 1 unspecified atom stereocenters. The first-order chi connectivity index (χ1) is 38.6. The van der Waals surface area contributed by atoms with Crippen molar-refractivity contribution < 1.29 is 9.60 Å². The lowest BCUT2D eigenvalue weighted by Crippen LogP contribution is -2.29. The van der Waals surface area contributed by atoms with Crippen LogP contribution in [0.4, 0.5) is 34.1 Å². The number of hydrogen-bond acceptors (Lipinski definition) is 2. The van der Waals surface area contributed by atoms with E-state index in [4.69, 9.17) is 1.37 Å². The summed E-state index contributed by atoms with van der Waals surface area (Å²) in [6.45, 7) is 0. The lowest BCUT2D eigenvalue weighted by molar-refractivity contribution is 0.777. The second-order valence-corrected chi connectivity index (χ2v) is 18.3. The van der Waals surface area contributed by atoms with Gasteiger partial charge >= 0.3 is 0 Å². The van der Waals surface area contributed by atoms with E-state index >= 15 is 0 Å². The third kappa shape index (κ3) is 6.45. The van der Waals surface area contributed by atoms with E-state index in [2.05, 4.69) is 166 Å². The van der Waals surface area contributed by atoms with Crippen LogP contribution in [-0.2, 0) is 5.41 Å². The Kier molecular flexibility index (Phi) is 8.17. The quantitative estimate of drug-likeness (QED) is 0.143. The minimum absolute atomic E-state index is 0.0320. The van der Waals surface area contributed by atoms with Crippen molar-refractivity contribution in [3.05, 3.63) is 307 Å². The predicted octanol–water partition coefficient (Wildman–Crippen LogP) is 18.4. The zero-order valence-electron chi connectivity index (χ0n) is 45.9. The number of aromatic nitrogens is 1. The Morgan fingerprint density at radius 2 is 0.875 bits per heavy atom. The number of nitrogens with zero attached hydrogens (tertiary/aromatic N) is 3. The maximum absolute atomic E-state index is 10.3. The van der Waals surface area contributed by atoms with Crippen molar-refractivity contribution in [1.29, 1.82) is 0 Å². The van der Waals surface area contributed by atoms with E-state index in [1.165, 1.54) is 0 Å². The molecule has 0 saturated heterocycles. The monoisotopic (exact) mass is 924 g/mol. The average molecular weight is 925 g/mol. The fraction of sp³-hybridized carbons (Fsp3) is 0.0145. The molecule has 12 aromatic carbocycles. The standard InChI is InChI=1S/C69H47N3/c1-5-25-51(26-6-1)70(52-27-7-2-8-28-52)55-40-43-64-61(46-55)62-47-56(71(53-29-9-3-10-30-53)66-38-20-24-49-22-14-16-34-58(49)66)41-44-65(62)69(64,63-36-19-23-48-21-13-15-33-57(48)63)50-39-42-60-59-35-17-18-37-67(59)72(68(60)45-50)54-31-11-4-12-32-54/h1-47H/i13D,15D,19D,21D,23D,33D,36D. The summed E-state index contributed by atoms with van der Waals surface area (Å²) in [5, 5.41) is 4.13. The zero-order chi connectivity index (χ0) is 53.7. The first-order valence-corrected chi connectivity index (χ1v) is 24.3. The van der Waals surface area contributed by atoms with Crippen LogP contribution in [-0.4, -0.2) is 4.57 Å². The molecule has 1 heterocycles. The van der Waals surface area contributed by atoms with Gasteiger partial charge in [0.2, 0.25) is 0 Å². The van der Waals surface area contributed by atoms with Gasteiger partial charge < -0.3 is 14.4 Å². The highest BCUT2D eigenvalue weighted by atomic mass is 15.1. The van der Waals surface area contributed by atoms with Crippen molar-refractivity contribution in [2.75, 3.05) is 9.80 Å². The molecule has 13 aromatic rings. The number of para-hydroxylation sites is 5. The summed E-state index contributed by atoms with van der Waals surface area (Å²) >= 11 is 0. The first-order valence-electron chi connectivity index (χ1n) is 27.8. The molecule has 1 aliphatic carbocycles. The maximum Gasteiger partial charge on any atom is 0.0720 e. The van der Waals surface area contributed by atoms with E-state index in [0.29, 0.717) is 0 Å². The molecule has 1 atom stereocenters. The van der Waals surface area contributed by atoms with Crippen LogP contribution in [0.15, 0.2) is 285 Å². The normalized spacial score (nSPS) is 15.2. The molecule has 0 aliphatic heterocycles. The van der Waals surface area contributed by atoms with Crippen molar-refractivity contribution in [3.8, 4) is 16.8 Å². The molecule has 0 amide bonds. The summed E-state index contributed by atoms with van der Waals surface area (Å²) in [6.07, 6.45) is 0. The summed E-state index contributed by atoms with van der Waals surface area (Å²) < 4.78 is 69.1. The van der Waals surface area contributed by atoms with Crippen molar-refractivity contribution >= 4 is 77.5 Å². The van der Waals surface area contributed by atoms with Crippen LogP contribution in [0.2, 0.25) is 0 Å². The van der Waals surface area contributed by atoms with Gasteiger partial charge in [-0.1, -0.05) is 194 Å². The molecule has 0 N–H and O–H groups in total. The fourth-order valence-corrected chi connectivity index (χ4v) is 11.5. The molecule has 14 rings (SSSR count). The summed E-state index contributed by atoms with van der Waals surface area (Å²) in [5.74, 6) is 0. The number of rotatable bonds is 9. The molecule has 3 heteroatoms. The third-order valence-corrected chi connectivity index (χ3v) is 14.5. The largest absolute Gasteiger partial charge is 0.310 e. The Morgan fingerprint density at radius 1 is 0.333 bits per heavy atom. The average Bonchev–Trinajstić information content (AvgIpc) is 2.26. The summed E-state index contributed by atoms with van der Waals surface area (Å²) in [5.41, 5.74) is 10.9. The van der Waals surface area contributed by atoms with E-state index in [-0.39, 0.29) is 28.4 Å². The molecule has 0 fully saturated rings. The van der Waals surface area contributed by atoms with Gasteiger partial charge in [0.05, 0.1) is 31.7 Å². The first kappa shape index (κ1) is 34.8. The van der Waals surface area contributed by atoms with Gasteiger partial charge in [-0.25, -0.2) is 0 Å². The van der Waals surface area contributed by atoms with Crippen molar-refractivity contribution in [2.24, 2.45) is 0 Å². The predicted molar refractivity (Wildman–Crippen MR) is 302 cm³/mol. The molecule has 3 nitrogen and oxygen atoms in total. The van der Waals surface area contributed by atoms with Gasteiger partial charge in [0.25, 0.3) is 0 Å². The highest BCUT2D eigenvalue weighted by Gasteiger charge is 2.48. The molecule has 1 aliphatic rings. The Labute approximate surface area is 429 Å². The van der Waals surface area contributed by atoms with E-state index in [1.54, 1.807) is 0 Å². The Hall–Kier alpha value is -9.44. The zero-order valence-corrected chi connectivity index (χ0v) is 38.9. The molecule has 0 spiro atoms. The molecule has 0 bridgehead atoms. The van der Waals surface area contributed by atoms with Crippen LogP contribution in [0.25, 0.3) is 60.2 Å². The van der Waals surface area contributed by atoms with Gasteiger partial charge in [-0.2, -0.15) is 0 Å². The van der Waals surface area contributed by atoms with Crippen LogP contribution in [0.5, 0.6) is 0 Å². The second-order valence-electron chi connectivity index (χ2n) is 18.3. The molecular weight excluding hydrogens is 871 g/mol. The smallest absolute Gasteiger partial charge is 0.0720 e. The van der Waals surface area contributed by atoms with E-state index in [0.717, 1.165) is 100 Å². The molecular formula is C69H47N3. The Balaban J connectivity index is 1.17. The summed E-state index contributed by atoms with van der Waals surface area (Å²) in [6, 6.07) is 80.3. The minimum Gasteiger partial charge on any atom is -0.310 e. The third-order valence-electron chi connectivity index (χ3n) is 14.5. The van der Waals surface area contributed by atoms with E-state index in [1.807, 2.05) is 91.0 Å². The molecule has 1 aromatic heterocycles. The number of anilines is 6. The van der Waals surface area contributed by atoms with Crippen LogP contribution < -0.4 is 9.80 Å². The van der Waals surface area contributed by atoms with Gasteiger partial charge in [-0.05, 0) is 141 Å². The van der Waals surface area contributed by atoms with E-state index < -0.39 is 35.6 Å². The van der Waals surface area contributed by atoms with Crippen LogP contribution in [0, 0.1) is 0 Å². The fourth-order valence-electron chi connectivity index (χ4n) is 11.5. The van der Waals surface area contributed by atoms with E-state index in [9.17, 15) is 8.22 Å². The van der Waals surface area contributed by atoms with Crippen LogP contribution >= 0.6 is 0 Å². The number of fused-ring (bicyclic) bond motifs is 8. The SMILES string of the molecule is [2H]c1c([2H])c([2H])c2c(C3(c4ccc5c6ccccc6n(-c6ccccc6)c5c4)c4ccc(N(c5ccccc5)c5ccccc5)cc4-c4cc(N(c5ccccc5)c5cccc6ccccc56)ccc43)c([2H])c([2H])c([2H])c2c1[2H]. The molecule has 0 radical (unpaired) electrons. The van der Waals surface area contributed by atoms with Gasteiger partial charge in [-0.3, -0.25) is 0 Å².